The fourth-order valence-electron chi connectivity index (χ4n) is 1.91. The molecule has 0 bridgehead atoms. The number of aromatic carboxylic acids is 1. The topological polar surface area (TPSA) is 92.3 Å². The zero-order valence-corrected chi connectivity index (χ0v) is 11.2. The number of nitrogens with zero attached hydrogens (tertiary/aromatic N) is 2. The zero-order valence-electron chi connectivity index (χ0n) is 11.2. The monoisotopic (exact) mass is 284 g/mol. The Balaban J connectivity index is 2.33. The van der Waals surface area contributed by atoms with E-state index < -0.39 is 11.5 Å². The Kier molecular flexibility index (Phi) is 4.05. The number of carbonyl (C=O) groups is 1. The Morgan fingerprint density at radius 3 is 2.71 bits per heavy atom. The molecule has 1 heterocycles. The van der Waals surface area contributed by atoms with Gasteiger partial charge in [0.1, 0.15) is 11.8 Å². The van der Waals surface area contributed by atoms with Crippen molar-refractivity contribution in [2.45, 2.75) is 6.54 Å². The van der Waals surface area contributed by atoms with E-state index in [1.165, 1.54) is 23.9 Å². The molecule has 0 radical (unpaired) electrons. The van der Waals surface area contributed by atoms with Crippen molar-refractivity contribution < 1.29 is 14.6 Å². The molecule has 0 saturated carbocycles. The highest BCUT2D eigenvalue weighted by Gasteiger charge is 2.07. The van der Waals surface area contributed by atoms with Gasteiger partial charge in [-0.15, -0.1) is 0 Å². The van der Waals surface area contributed by atoms with Crippen LogP contribution in [0.15, 0.2) is 41.3 Å². The van der Waals surface area contributed by atoms with Crippen LogP contribution in [0.25, 0.3) is 0 Å². The lowest BCUT2D eigenvalue weighted by Gasteiger charge is -2.08. The van der Waals surface area contributed by atoms with Crippen molar-refractivity contribution in [3.8, 4) is 11.8 Å². The number of benzene rings is 1. The third-order valence-electron chi connectivity index (χ3n) is 2.98. The van der Waals surface area contributed by atoms with Crippen LogP contribution in [-0.2, 0) is 6.54 Å². The van der Waals surface area contributed by atoms with Crippen molar-refractivity contribution in [2.75, 3.05) is 7.11 Å². The molecule has 106 valence electrons. The van der Waals surface area contributed by atoms with Gasteiger partial charge < -0.3 is 14.4 Å². The van der Waals surface area contributed by atoms with Crippen molar-refractivity contribution in [1.29, 1.82) is 5.26 Å². The van der Waals surface area contributed by atoms with Crippen LogP contribution < -0.4 is 10.3 Å². The minimum absolute atomic E-state index is 0.0521. The van der Waals surface area contributed by atoms with Gasteiger partial charge >= 0.3 is 5.97 Å². The van der Waals surface area contributed by atoms with Crippen molar-refractivity contribution in [2.24, 2.45) is 0 Å². The van der Waals surface area contributed by atoms with Gasteiger partial charge in [0.15, 0.2) is 0 Å². The van der Waals surface area contributed by atoms with Gasteiger partial charge in [0.05, 0.1) is 24.8 Å². The molecule has 0 atom stereocenters. The van der Waals surface area contributed by atoms with Gasteiger partial charge in [-0.2, -0.15) is 5.26 Å². The van der Waals surface area contributed by atoms with E-state index in [2.05, 4.69) is 0 Å². The minimum Gasteiger partial charge on any atom is -0.495 e. The molecule has 0 aliphatic carbocycles. The molecule has 1 aromatic heterocycles. The summed E-state index contributed by atoms with van der Waals surface area (Å²) in [7, 11) is 1.48. The number of hydrogen-bond donors (Lipinski definition) is 1. The van der Waals surface area contributed by atoms with E-state index in [1.807, 2.05) is 6.07 Å². The molecule has 0 amide bonds. The summed E-state index contributed by atoms with van der Waals surface area (Å²) < 4.78 is 6.42. The molecule has 0 saturated heterocycles. The Hall–Kier alpha value is -3.07. The number of nitriles is 1. The van der Waals surface area contributed by atoms with E-state index in [9.17, 15) is 9.59 Å². The highest BCUT2D eigenvalue weighted by Crippen LogP contribution is 2.19. The number of hydrogen-bond acceptors (Lipinski definition) is 4. The third-order valence-corrected chi connectivity index (χ3v) is 2.98. The largest absolute Gasteiger partial charge is 0.495 e. The molecule has 6 heteroatoms. The first-order valence-electron chi connectivity index (χ1n) is 6.06. The lowest BCUT2D eigenvalue weighted by molar-refractivity contribution is 0.0696. The number of carboxylic acids is 1. The fraction of sp³-hybridized carbons (Fsp3) is 0.133. The predicted octanol–water partition coefficient (Wildman–Crippen LogP) is 1.48. The summed E-state index contributed by atoms with van der Waals surface area (Å²) in [6, 6.07) is 9.49. The first-order chi connectivity index (χ1) is 10.0. The number of methoxy groups -OCH3 is 1. The maximum absolute atomic E-state index is 11.8. The Morgan fingerprint density at radius 1 is 1.38 bits per heavy atom. The molecule has 0 spiro atoms. The van der Waals surface area contributed by atoms with Crippen molar-refractivity contribution >= 4 is 5.97 Å². The number of carboxylic acid groups (broad SMARTS) is 1. The van der Waals surface area contributed by atoms with Gasteiger partial charge in [0, 0.05) is 12.3 Å². The van der Waals surface area contributed by atoms with Crippen LogP contribution in [-0.4, -0.2) is 22.8 Å². The lowest BCUT2D eigenvalue weighted by Crippen LogP contribution is -2.20. The van der Waals surface area contributed by atoms with E-state index in [0.29, 0.717) is 11.3 Å². The molecule has 0 aliphatic heterocycles. The Morgan fingerprint density at radius 2 is 2.14 bits per heavy atom. The second-order valence-electron chi connectivity index (χ2n) is 4.33. The van der Waals surface area contributed by atoms with Crippen LogP contribution in [0.4, 0.5) is 0 Å². The van der Waals surface area contributed by atoms with Gasteiger partial charge in [-0.1, -0.05) is 6.07 Å². The van der Waals surface area contributed by atoms with E-state index in [4.69, 9.17) is 15.1 Å². The highest BCUT2D eigenvalue weighted by molar-refractivity contribution is 5.87. The lowest BCUT2D eigenvalue weighted by atomic mass is 10.1. The molecule has 1 N–H and O–H groups in total. The average Bonchev–Trinajstić information content (AvgIpc) is 2.48. The second-order valence-corrected chi connectivity index (χ2v) is 4.33. The molecule has 0 aliphatic rings. The van der Waals surface area contributed by atoms with Gasteiger partial charge in [-0.25, -0.2) is 4.79 Å². The summed E-state index contributed by atoms with van der Waals surface area (Å²) in [6.07, 6.45) is 1.42. The van der Waals surface area contributed by atoms with E-state index in [-0.39, 0.29) is 12.1 Å². The molecule has 1 aromatic carbocycles. The van der Waals surface area contributed by atoms with Crippen LogP contribution in [0.2, 0.25) is 0 Å². The van der Waals surface area contributed by atoms with Crippen molar-refractivity contribution in [3.63, 3.8) is 0 Å². The van der Waals surface area contributed by atoms with Crippen LogP contribution >= 0.6 is 0 Å². The van der Waals surface area contributed by atoms with E-state index in [1.54, 1.807) is 18.2 Å². The van der Waals surface area contributed by atoms with E-state index in [0.717, 1.165) is 11.6 Å². The maximum atomic E-state index is 11.8. The average molecular weight is 284 g/mol. The molecule has 2 rings (SSSR count). The van der Waals surface area contributed by atoms with Gasteiger partial charge in [0.25, 0.3) is 5.56 Å². The normalized spacial score (nSPS) is 9.90. The molecular formula is C15H12N2O4. The first kappa shape index (κ1) is 14.3. The summed E-state index contributed by atoms with van der Waals surface area (Å²) in [4.78, 5) is 22.6. The van der Waals surface area contributed by atoms with Gasteiger partial charge in [-0.3, -0.25) is 4.79 Å². The number of rotatable bonds is 4. The molecule has 2 aromatic rings. The molecule has 0 unspecified atom stereocenters. The van der Waals surface area contributed by atoms with E-state index >= 15 is 0 Å². The summed E-state index contributed by atoms with van der Waals surface area (Å²) in [5, 5.41) is 17.8. The van der Waals surface area contributed by atoms with Crippen LogP contribution in [0.1, 0.15) is 21.5 Å². The first-order valence-corrected chi connectivity index (χ1v) is 6.06. The third kappa shape index (κ3) is 3.09. The minimum atomic E-state index is -1.14. The molecule has 6 nitrogen and oxygen atoms in total. The summed E-state index contributed by atoms with van der Waals surface area (Å²) in [5.74, 6) is -0.676. The van der Waals surface area contributed by atoms with Crippen LogP contribution in [0.5, 0.6) is 5.75 Å². The maximum Gasteiger partial charge on any atom is 0.335 e. The Bertz CT molecular complexity index is 787. The van der Waals surface area contributed by atoms with Gasteiger partial charge in [0.2, 0.25) is 0 Å². The van der Waals surface area contributed by atoms with Crippen molar-refractivity contribution in [3.05, 3.63) is 63.6 Å². The number of pyridine rings is 1. The number of aromatic nitrogens is 1. The smallest absolute Gasteiger partial charge is 0.335 e. The SMILES string of the molecule is COc1ccc(Cn2ccc(C(=O)O)cc2=O)cc1C#N. The molecule has 21 heavy (non-hydrogen) atoms. The molecular weight excluding hydrogens is 272 g/mol. The predicted molar refractivity (Wildman–Crippen MR) is 74.5 cm³/mol. The Labute approximate surface area is 120 Å². The quantitative estimate of drug-likeness (QED) is 0.917. The highest BCUT2D eigenvalue weighted by atomic mass is 16.5. The fourth-order valence-corrected chi connectivity index (χ4v) is 1.91. The zero-order chi connectivity index (χ0) is 15.4. The second kappa shape index (κ2) is 5.92. The standard InChI is InChI=1S/C15H12N2O4/c1-21-13-3-2-10(6-12(13)8-16)9-17-5-4-11(15(19)20)7-14(17)18/h2-7H,9H2,1H3,(H,19,20). The van der Waals surface area contributed by atoms with Crippen LogP contribution in [0.3, 0.4) is 0 Å². The van der Waals surface area contributed by atoms with Crippen molar-refractivity contribution in [1.82, 2.24) is 4.57 Å². The number of ether oxygens (including phenoxy) is 1. The van der Waals surface area contributed by atoms with Gasteiger partial charge in [-0.05, 0) is 23.8 Å². The molecule has 0 fully saturated rings. The summed E-state index contributed by atoms with van der Waals surface area (Å²) in [6.45, 7) is 0.247. The summed E-state index contributed by atoms with van der Waals surface area (Å²) in [5.41, 5.74) is 0.663. The summed E-state index contributed by atoms with van der Waals surface area (Å²) >= 11 is 0. The van der Waals surface area contributed by atoms with Crippen LogP contribution in [0, 0.1) is 11.3 Å².